The average Bonchev–Trinajstić information content (AvgIpc) is 3.03. The zero-order valence-corrected chi connectivity index (χ0v) is 22.5. The van der Waals surface area contributed by atoms with Gasteiger partial charge in [0.25, 0.3) is 0 Å². The fraction of sp³-hybridized carbons (Fsp3) is 0.429. The van der Waals surface area contributed by atoms with Crippen molar-refractivity contribution in [3.8, 4) is 0 Å². The van der Waals surface area contributed by atoms with E-state index < -0.39 is 20.0 Å². The number of rotatable bonds is 7. The molecule has 1 fully saturated rings. The van der Waals surface area contributed by atoms with Gasteiger partial charge < -0.3 is 4.90 Å². The molecule has 1 saturated heterocycles. The molecular formula is C21H28ClN3O4S4. The summed E-state index contributed by atoms with van der Waals surface area (Å²) >= 11 is 3.78. The highest BCUT2D eigenvalue weighted by Crippen LogP contribution is 2.60. The van der Waals surface area contributed by atoms with Crippen LogP contribution in [-0.4, -0.2) is 58.0 Å². The number of halogens is 1. The van der Waals surface area contributed by atoms with Crippen molar-refractivity contribution in [1.29, 1.82) is 0 Å². The minimum atomic E-state index is -3.28. The molecule has 0 bridgehead atoms. The average molecular weight is 550 g/mol. The highest BCUT2D eigenvalue weighted by Gasteiger charge is 2.41. The summed E-state index contributed by atoms with van der Waals surface area (Å²) < 4.78 is 50.8. The Morgan fingerprint density at radius 1 is 0.848 bits per heavy atom. The molecule has 2 aromatic carbocycles. The molecule has 12 heteroatoms. The first kappa shape index (κ1) is 26.5. The lowest BCUT2D eigenvalue weighted by molar-refractivity contribution is 0.228. The molecule has 182 valence electrons. The summed E-state index contributed by atoms with van der Waals surface area (Å²) in [7, 11) is -6.53. The molecule has 0 atom stereocenters. The Bertz CT molecular complexity index is 1200. The van der Waals surface area contributed by atoms with Crippen molar-refractivity contribution >= 4 is 67.4 Å². The first-order valence-electron chi connectivity index (χ1n) is 10.3. The van der Waals surface area contributed by atoms with Gasteiger partial charge in [-0.1, -0.05) is 12.1 Å². The fourth-order valence-electron chi connectivity index (χ4n) is 3.93. The van der Waals surface area contributed by atoms with Crippen molar-refractivity contribution in [3.63, 3.8) is 0 Å². The van der Waals surface area contributed by atoms with E-state index in [1.54, 1.807) is 12.1 Å². The molecule has 0 saturated carbocycles. The molecule has 1 spiro atoms. The van der Waals surface area contributed by atoms with Gasteiger partial charge in [0.2, 0.25) is 20.0 Å². The Balaban J connectivity index is 0.00000306. The quantitative estimate of drug-likeness (QED) is 0.537. The van der Waals surface area contributed by atoms with Crippen LogP contribution in [0.5, 0.6) is 0 Å². The number of anilines is 2. The molecule has 0 unspecified atom stereocenters. The zero-order valence-electron chi connectivity index (χ0n) is 18.4. The van der Waals surface area contributed by atoms with Crippen molar-refractivity contribution in [1.82, 2.24) is 4.90 Å². The van der Waals surface area contributed by atoms with Gasteiger partial charge in [-0.3, -0.25) is 9.44 Å². The first-order valence-corrected chi connectivity index (χ1v) is 15.7. The van der Waals surface area contributed by atoms with Gasteiger partial charge in [0.05, 0.1) is 16.6 Å². The van der Waals surface area contributed by atoms with E-state index in [1.165, 1.54) is 16.7 Å². The van der Waals surface area contributed by atoms with Crippen LogP contribution in [0.15, 0.2) is 52.3 Å². The molecule has 0 amide bonds. The summed E-state index contributed by atoms with van der Waals surface area (Å²) in [5.41, 5.74) is 2.39. The lowest BCUT2D eigenvalue weighted by atomic mass is 10.1. The minimum Gasteiger partial charge on any atom is -0.303 e. The maximum Gasteiger partial charge on any atom is 0.229 e. The van der Waals surface area contributed by atoms with Gasteiger partial charge in [-0.05, 0) is 55.2 Å². The SMILES string of the molecule is CS(=O)(=O)Nc1ccc(CCN2CCC3(CC2)Sc2ccc(NS(C)(=O)=O)cc2S3)cc1.Cl. The monoisotopic (exact) mass is 549 g/mol. The van der Waals surface area contributed by atoms with Crippen molar-refractivity contribution in [2.24, 2.45) is 0 Å². The number of hydrogen-bond donors (Lipinski definition) is 2. The second kappa shape index (κ2) is 10.2. The van der Waals surface area contributed by atoms with E-state index in [2.05, 4.69) is 14.3 Å². The summed E-state index contributed by atoms with van der Waals surface area (Å²) in [4.78, 5) is 4.86. The predicted octanol–water partition coefficient (Wildman–Crippen LogP) is 4.08. The van der Waals surface area contributed by atoms with Crippen LogP contribution in [0.1, 0.15) is 18.4 Å². The molecule has 2 aliphatic heterocycles. The molecule has 0 radical (unpaired) electrons. The molecule has 4 rings (SSSR count). The van der Waals surface area contributed by atoms with E-state index in [0.717, 1.165) is 50.0 Å². The van der Waals surface area contributed by atoms with E-state index in [9.17, 15) is 16.8 Å². The fourth-order valence-corrected chi connectivity index (χ4v) is 8.23. The van der Waals surface area contributed by atoms with E-state index in [4.69, 9.17) is 0 Å². The van der Waals surface area contributed by atoms with Gasteiger partial charge in [0.1, 0.15) is 0 Å². The third-order valence-electron chi connectivity index (χ3n) is 5.43. The van der Waals surface area contributed by atoms with Gasteiger partial charge in [0.15, 0.2) is 0 Å². The Morgan fingerprint density at radius 3 is 2.00 bits per heavy atom. The van der Waals surface area contributed by atoms with Crippen LogP contribution < -0.4 is 9.44 Å². The second-order valence-electron chi connectivity index (χ2n) is 8.31. The predicted molar refractivity (Wildman–Crippen MR) is 141 cm³/mol. The van der Waals surface area contributed by atoms with Crippen LogP contribution >= 0.6 is 35.9 Å². The van der Waals surface area contributed by atoms with Crippen LogP contribution in [0.3, 0.4) is 0 Å². The van der Waals surface area contributed by atoms with Crippen molar-refractivity contribution in [2.45, 2.75) is 33.1 Å². The Labute approximate surface area is 211 Å². The number of likely N-dealkylation sites (tertiary alicyclic amines) is 1. The van der Waals surface area contributed by atoms with E-state index in [-0.39, 0.29) is 16.5 Å². The second-order valence-corrected chi connectivity index (χ2v) is 14.9. The maximum absolute atomic E-state index is 11.5. The molecule has 2 heterocycles. The van der Waals surface area contributed by atoms with Crippen LogP contribution in [0.2, 0.25) is 0 Å². The molecule has 33 heavy (non-hydrogen) atoms. The summed E-state index contributed by atoms with van der Waals surface area (Å²) in [5, 5.41) is 0. The van der Waals surface area contributed by atoms with Crippen molar-refractivity contribution in [2.75, 3.05) is 41.6 Å². The van der Waals surface area contributed by atoms with Crippen LogP contribution in [-0.2, 0) is 26.5 Å². The Hall–Kier alpha value is -1.11. The van der Waals surface area contributed by atoms with Gasteiger partial charge >= 0.3 is 0 Å². The van der Waals surface area contributed by atoms with Gasteiger partial charge in [0, 0.05) is 40.8 Å². The molecule has 7 nitrogen and oxygen atoms in total. The van der Waals surface area contributed by atoms with Gasteiger partial charge in [-0.15, -0.1) is 35.9 Å². The first-order chi connectivity index (χ1) is 15.0. The van der Waals surface area contributed by atoms with E-state index >= 15 is 0 Å². The van der Waals surface area contributed by atoms with E-state index in [1.807, 2.05) is 53.9 Å². The molecule has 2 aromatic rings. The number of benzene rings is 2. The Kier molecular flexibility index (Phi) is 8.23. The molecule has 0 aromatic heterocycles. The van der Waals surface area contributed by atoms with Crippen LogP contribution in [0.25, 0.3) is 0 Å². The molecule has 2 N–H and O–H groups in total. The third kappa shape index (κ3) is 7.43. The largest absolute Gasteiger partial charge is 0.303 e. The molecule has 2 aliphatic rings. The normalized spacial score (nSPS) is 17.9. The van der Waals surface area contributed by atoms with Gasteiger partial charge in [-0.2, -0.15) is 0 Å². The number of sulfonamides is 2. The van der Waals surface area contributed by atoms with Crippen molar-refractivity contribution in [3.05, 3.63) is 48.0 Å². The molecular weight excluding hydrogens is 522 g/mol. The number of thioether (sulfide) groups is 2. The topological polar surface area (TPSA) is 95.6 Å². The number of nitrogens with one attached hydrogen (secondary N) is 2. The summed E-state index contributed by atoms with van der Waals surface area (Å²) in [6.45, 7) is 3.02. The minimum absolute atomic E-state index is 0. The standard InChI is InChI=1S/C21H27N3O4S4.ClH/c1-31(25,26)22-17-5-3-16(4-6-17)9-12-24-13-10-21(11-14-24)29-19-8-7-18(15-20(19)30-21)23-32(2,27)28;/h3-8,15,22-23H,9-14H2,1-2H3;1H. The summed E-state index contributed by atoms with van der Waals surface area (Å²) in [5.74, 6) is 0. The van der Waals surface area contributed by atoms with Gasteiger partial charge in [-0.25, -0.2) is 16.8 Å². The highest BCUT2D eigenvalue weighted by atomic mass is 35.5. The maximum atomic E-state index is 11.5. The lowest BCUT2D eigenvalue weighted by Gasteiger charge is -2.38. The number of nitrogens with zero attached hydrogens (tertiary/aromatic N) is 1. The highest BCUT2D eigenvalue weighted by molar-refractivity contribution is 8.20. The third-order valence-corrected chi connectivity index (χ3v) is 9.97. The lowest BCUT2D eigenvalue weighted by Crippen LogP contribution is -2.40. The molecule has 0 aliphatic carbocycles. The van der Waals surface area contributed by atoms with Crippen molar-refractivity contribution < 1.29 is 16.8 Å². The number of fused-ring (bicyclic) bond motifs is 1. The van der Waals surface area contributed by atoms with Crippen LogP contribution in [0.4, 0.5) is 11.4 Å². The van der Waals surface area contributed by atoms with Crippen LogP contribution in [0, 0.1) is 0 Å². The summed E-state index contributed by atoms with van der Waals surface area (Å²) in [6.07, 6.45) is 5.38. The van der Waals surface area contributed by atoms with E-state index in [0.29, 0.717) is 11.4 Å². The number of piperidine rings is 1. The smallest absolute Gasteiger partial charge is 0.229 e. The zero-order chi connectivity index (χ0) is 23.0. The summed E-state index contributed by atoms with van der Waals surface area (Å²) in [6, 6.07) is 13.3. The number of hydrogen-bond acceptors (Lipinski definition) is 7. The Morgan fingerprint density at radius 2 is 1.39 bits per heavy atom.